The van der Waals surface area contributed by atoms with E-state index in [1.165, 1.54) is 49.4 Å². The average molecular weight is 471 g/mol. The van der Waals surface area contributed by atoms with Gasteiger partial charge in [-0.3, -0.25) is 5.01 Å². The lowest BCUT2D eigenvalue weighted by atomic mass is 9.86. The molecule has 0 spiro atoms. The predicted molar refractivity (Wildman–Crippen MR) is 151 cm³/mol. The second-order valence-electron chi connectivity index (χ2n) is 10.7. The molecule has 0 aliphatic carbocycles. The topological polar surface area (TPSA) is 35.8 Å². The Morgan fingerprint density at radius 2 is 1.28 bits per heavy atom. The van der Waals surface area contributed by atoms with Gasteiger partial charge in [0.25, 0.3) is 0 Å². The van der Waals surface area contributed by atoms with Gasteiger partial charge in [0.2, 0.25) is 0 Å². The second-order valence-corrected chi connectivity index (χ2v) is 10.7. The van der Waals surface area contributed by atoms with Crippen LogP contribution in [0.15, 0.2) is 96.1 Å². The molecule has 0 fully saturated rings. The fraction of sp³-hybridized carbons (Fsp3) is 0.182. The van der Waals surface area contributed by atoms with Crippen molar-refractivity contribution in [2.75, 3.05) is 0 Å². The van der Waals surface area contributed by atoms with Gasteiger partial charge >= 0.3 is 0 Å². The van der Waals surface area contributed by atoms with E-state index >= 15 is 0 Å². The highest BCUT2D eigenvalue weighted by molar-refractivity contribution is 6.08. The highest BCUT2D eigenvalue weighted by Crippen LogP contribution is 2.42. The van der Waals surface area contributed by atoms with Crippen molar-refractivity contribution in [1.82, 2.24) is 5.01 Å². The minimum Gasteiger partial charge on any atom is -0.507 e. The third-order valence-electron chi connectivity index (χ3n) is 7.24. The second kappa shape index (κ2) is 8.53. The Balaban J connectivity index is 1.51. The van der Waals surface area contributed by atoms with E-state index in [1.807, 2.05) is 12.1 Å². The number of hydrogen-bond donors (Lipinski definition) is 1. The van der Waals surface area contributed by atoms with Gasteiger partial charge < -0.3 is 5.11 Å². The van der Waals surface area contributed by atoms with Crippen molar-refractivity contribution in [1.29, 1.82) is 0 Å². The normalized spacial score (nSPS) is 13.7. The first kappa shape index (κ1) is 22.4. The first-order valence-corrected chi connectivity index (χ1v) is 12.5. The molecule has 0 saturated carbocycles. The molecule has 1 aliphatic rings. The summed E-state index contributed by atoms with van der Waals surface area (Å²) in [5.41, 5.74) is 7.03. The van der Waals surface area contributed by atoms with Gasteiger partial charge in [0, 0.05) is 5.56 Å². The number of nitrogens with zero attached hydrogens (tertiary/aromatic N) is 2. The number of rotatable bonds is 2. The molecule has 0 atom stereocenters. The number of phenolic OH excluding ortho intramolecular Hbond substituents is 1. The summed E-state index contributed by atoms with van der Waals surface area (Å²) in [6, 6.07) is 32.0. The van der Waals surface area contributed by atoms with Gasteiger partial charge in [-0.1, -0.05) is 99.6 Å². The van der Waals surface area contributed by atoms with Gasteiger partial charge in [-0.15, -0.1) is 0 Å². The Bertz CT molecular complexity index is 1550. The molecule has 1 N–H and O–H groups in total. The molecule has 1 aliphatic heterocycles. The summed E-state index contributed by atoms with van der Waals surface area (Å²) in [5, 5.41) is 22.6. The molecule has 5 aromatic carbocycles. The lowest BCUT2D eigenvalue weighted by Crippen LogP contribution is -2.16. The molecule has 0 bridgehead atoms. The molecule has 0 amide bonds. The van der Waals surface area contributed by atoms with Gasteiger partial charge in [-0.05, 0) is 66.9 Å². The van der Waals surface area contributed by atoms with Gasteiger partial charge in [0.15, 0.2) is 0 Å². The summed E-state index contributed by atoms with van der Waals surface area (Å²) in [6.45, 7) is 7.92. The number of hydrazone groups is 1. The molecule has 3 heteroatoms. The Kier molecular flexibility index (Phi) is 5.30. The molecular formula is C33H30N2O. The number of aromatic hydroxyl groups is 1. The Morgan fingerprint density at radius 3 is 1.83 bits per heavy atom. The van der Waals surface area contributed by atoms with Crippen LogP contribution in [0.25, 0.3) is 32.7 Å². The Hall–Kier alpha value is -4.11. The van der Waals surface area contributed by atoms with Crippen LogP contribution in [-0.4, -0.2) is 16.3 Å². The number of hydrogen-bond acceptors (Lipinski definition) is 3. The van der Waals surface area contributed by atoms with Crippen LogP contribution in [0, 0.1) is 0 Å². The van der Waals surface area contributed by atoms with Crippen LogP contribution in [0.2, 0.25) is 0 Å². The molecule has 0 radical (unpaired) electrons. The van der Waals surface area contributed by atoms with Gasteiger partial charge in [0.1, 0.15) is 5.75 Å². The first-order valence-electron chi connectivity index (χ1n) is 12.5. The van der Waals surface area contributed by atoms with Crippen molar-refractivity contribution >= 4 is 27.8 Å². The highest BCUT2D eigenvalue weighted by atomic mass is 16.3. The number of benzene rings is 5. The zero-order chi connectivity index (χ0) is 24.9. The lowest BCUT2D eigenvalue weighted by Gasteiger charge is -2.20. The van der Waals surface area contributed by atoms with Crippen LogP contribution < -0.4 is 0 Å². The van der Waals surface area contributed by atoms with E-state index in [0.717, 1.165) is 5.56 Å². The summed E-state index contributed by atoms with van der Waals surface area (Å²) in [4.78, 5) is 0. The van der Waals surface area contributed by atoms with Gasteiger partial charge in [0.05, 0.1) is 19.3 Å². The van der Waals surface area contributed by atoms with Gasteiger partial charge in [-0.25, -0.2) is 0 Å². The highest BCUT2D eigenvalue weighted by Gasteiger charge is 2.23. The first-order chi connectivity index (χ1) is 17.4. The average Bonchev–Trinajstić information content (AvgIpc) is 3.04. The quantitative estimate of drug-likeness (QED) is 0.265. The van der Waals surface area contributed by atoms with Crippen LogP contribution >= 0.6 is 0 Å². The van der Waals surface area contributed by atoms with Crippen molar-refractivity contribution in [3.63, 3.8) is 0 Å². The van der Waals surface area contributed by atoms with E-state index in [4.69, 9.17) is 5.10 Å². The minimum atomic E-state index is -0.00110. The van der Waals surface area contributed by atoms with Crippen LogP contribution in [0.4, 0.5) is 0 Å². The SMILES string of the molecule is CC(C)(C)c1ccc(O)c(/C=N/N2Cc3ccc4ccccc4c3-c3c(ccc4ccccc34)C2)c1. The lowest BCUT2D eigenvalue weighted by molar-refractivity contribution is 0.276. The van der Waals surface area contributed by atoms with Crippen molar-refractivity contribution < 1.29 is 5.11 Å². The molecule has 0 saturated heterocycles. The smallest absolute Gasteiger partial charge is 0.124 e. The fourth-order valence-electron chi connectivity index (χ4n) is 5.29. The van der Waals surface area contributed by atoms with E-state index in [-0.39, 0.29) is 11.2 Å². The third kappa shape index (κ3) is 3.91. The maximum absolute atomic E-state index is 10.5. The maximum atomic E-state index is 10.5. The summed E-state index contributed by atoms with van der Waals surface area (Å²) in [5.74, 6) is 0.249. The molecule has 178 valence electrons. The third-order valence-corrected chi connectivity index (χ3v) is 7.24. The van der Waals surface area contributed by atoms with Crippen LogP contribution in [0.5, 0.6) is 5.75 Å². The zero-order valence-electron chi connectivity index (χ0n) is 21.0. The molecule has 0 aromatic heterocycles. The van der Waals surface area contributed by atoms with Crippen LogP contribution in [-0.2, 0) is 18.5 Å². The molecular weight excluding hydrogens is 440 g/mol. The van der Waals surface area contributed by atoms with E-state index in [1.54, 1.807) is 12.3 Å². The minimum absolute atomic E-state index is 0.00110. The molecule has 3 nitrogen and oxygen atoms in total. The number of phenols is 1. The van der Waals surface area contributed by atoms with Crippen molar-refractivity contribution in [2.24, 2.45) is 5.10 Å². The molecule has 1 heterocycles. The fourth-order valence-corrected chi connectivity index (χ4v) is 5.29. The summed E-state index contributed by atoms with van der Waals surface area (Å²) < 4.78 is 0. The van der Waals surface area contributed by atoms with E-state index in [9.17, 15) is 5.11 Å². The van der Waals surface area contributed by atoms with Crippen molar-refractivity contribution in [3.8, 4) is 16.9 Å². The largest absolute Gasteiger partial charge is 0.507 e. The number of fused-ring (bicyclic) bond motifs is 7. The molecule has 6 rings (SSSR count). The van der Waals surface area contributed by atoms with E-state index in [2.05, 4.69) is 98.6 Å². The summed E-state index contributed by atoms with van der Waals surface area (Å²) in [7, 11) is 0. The van der Waals surface area contributed by atoms with Crippen LogP contribution in [0.1, 0.15) is 43.0 Å². The molecule has 0 unspecified atom stereocenters. The summed E-state index contributed by atoms with van der Waals surface area (Å²) >= 11 is 0. The summed E-state index contributed by atoms with van der Waals surface area (Å²) in [6.07, 6.45) is 1.80. The van der Waals surface area contributed by atoms with E-state index in [0.29, 0.717) is 13.1 Å². The monoisotopic (exact) mass is 470 g/mol. The van der Waals surface area contributed by atoms with Crippen molar-refractivity contribution in [3.05, 3.63) is 113 Å². The molecule has 36 heavy (non-hydrogen) atoms. The van der Waals surface area contributed by atoms with Crippen molar-refractivity contribution in [2.45, 2.75) is 39.3 Å². The predicted octanol–water partition coefficient (Wildman–Crippen LogP) is 8.01. The zero-order valence-corrected chi connectivity index (χ0v) is 21.0. The Labute approximate surface area is 212 Å². The maximum Gasteiger partial charge on any atom is 0.124 e. The van der Waals surface area contributed by atoms with Crippen LogP contribution in [0.3, 0.4) is 0 Å². The van der Waals surface area contributed by atoms with Gasteiger partial charge in [-0.2, -0.15) is 5.10 Å². The molecule has 5 aromatic rings. The van der Waals surface area contributed by atoms with E-state index < -0.39 is 0 Å². The Morgan fingerprint density at radius 1 is 0.722 bits per heavy atom. The standard InChI is InChI=1S/C33H30N2O/c1-33(2,3)27-16-17-30(36)26(18-27)19-34-35-20-24-14-12-22-8-4-6-10-28(22)31(24)32-25(21-35)15-13-23-9-5-7-11-29(23)32/h4-19,36H,20-21H2,1-3H3/b34-19+.